The van der Waals surface area contributed by atoms with Gasteiger partial charge in [-0.25, -0.2) is 14.4 Å². The number of carbonyl (C=O) groups is 4. The summed E-state index contributed by atoms with van der Waals surface area (Å²) in [6.45, 7) is 4.58. The summed E-state index contributed by atoms with van der Waals surface area (Å²) in [5.74, 6) is -0.339. The second-order valence-electron chi connectivity index (χ2n) is 11.9. The van der Waals surface area contributed by atoms with Crippen molar-refractivity contribution in [2.45, 2.75) is 44.2 Å². The maximum atomic E-state index is 13.9. The molecule has 258 valence electrons. The van der Waals surface area contributed by atoms with Crippen LogP contribution in [0.2, 0.25) is 0 Å². The van der Waals surface area contributed by atoms with E-state index in [2.05, 4.69) is 26.4 Å². The molecular formula is C34H40N8O7. The van der Waals surface area contributed by atoms with Crippen molar-refractivity contribution in [1.29, 1.82) is 0 Å². The predicted octanol–water partition coefficient (Wildman–Crippen LogP) is 4.06. The first-order valence-electron chi connectivity index (χ1n) is 15.3. The average Bonchev–Trinajstić information content (AvgIpc) is 3.39. The van der Waals surface area contributed by atoms with Gasteiger partial charge in [0.05, 0.1) is 6.20 Å². The molecule has 1 aromatic heterocycles. The Morgan fingerprint density at radius 2 is 1.27 bits per heavy atom. The van der Waals surface area contributed by atoms with Gasteiger partial charge in [0, 0.05) is 13.6 Å². The molecule has 15 nitrogen and oxygen atoms in total. The zero-order chi connectivity index (χ0) is 35.6. The number of aromatic nitrogens is 2. The summed E-state index contributed by atoms with van der Waals surface area (Å²) in [6.07, 6.45) is -4.17. The molecule has 49 heavy (non-hydrogen) atoms. The average molecular weight is 673 g/mol. The molecule has 0 radical (unpaired) electrons. The minimum atomic E-state index is -1.63. The van der Waals surface area contributed by atoms with Crippen molar-refractivity contribution in [3.05, 3.63) is 114 Å². The normalized spacial score (nSPS) is 12.0. The molecule has 0 unspecified atom stereocenters. The molecule has 4 amide bonds. The molecule has 0 saturated heterocycles. The zero-order valence-electron chi connectivity index (χ0n) is 27.4. The van der Waals surface area contributed by atoms with Gasteiger partial charge in [0.15, 0.2) is 6.29 Å². The topological polar surface area (TPSA) is 208 Å². The van der Waals surface area contributed by atoms with Crippen molar-refractivity contribution in [2.75, 3.05) is 17.2 Å². The Morgan fingerprint density at radius 3 is 1.69 bits per heavy atom. The van der Waals surface area contributed by atoms with Gasteiger partial charge in [-0.3, -0.25) is 25.4 Å². The molecule has 8 N–H and O–H groups in total. The third kappa shape index (κ3) is 9.48. The van der Waals surface area contributed by atoms with E-state index in [0.29, 0.717) is 5.82 Å². The first-order valence-corrected chi connectivity index (χ1v) is 15.3. The van der Waals surface area contributed by atoms with E-state index in [9.17, 15) is 29.4 Å². The maximum absolute atomic E-state index is 13.9. The standard InChI is InChI=1S/C34H40N8O7/c1-33(2,3)49-32(48)35-20-26(38-29(39-30(44)45)40-31(46)47)28(43)37-25-21-36-42(4)27(25)41-34(22-14-8-5-9-15-22,23-16-10-6-11-17-23)24-18-12-7-13-19-24/h5-19,21,26,29,38-41H,20H2,1-4H3,(H,35,48)(H,37,43)(H,44,45)(H,46,47)/t26-/m0/s1. The minimum absolute atomic E-state index is 0.248. The molecule has 4 aromatic rings. The highest BCUT2D eigenvalue weighted by Crippen LogP contribution is 2.41. The summed E-state index contributed by atoms with van der Waals surface area (Å²) in [7, 11) is 1.70. The van der Waals surface area contributed by atoms with Crippen LogP contribution in [0.5, 0.6) is 0 Å². The lowest BCUT2D eigenvalue weighted by atomic mass is 9.77. The van der Waals surface area contributed by atoms with E-state index in [1.165, 1.54) is 6.20 Å². The molecular weight excluding hydrogens is 632 g/mol. The second kappa shape index (κ2) is 15.7. The van der Waals surface area contributed by atoms with Crippen LogP contribution in [0, 0.1) is 0 Å². The number of carbonyl (C=O) groups excluding carboxylic acids is 2. The molecule has 0 aliphatic carbocycles. The monoisotopic (exact) mass is 672 g/mol. The Kier molecular flexibility index (Phi) is 11.4. The molecule has 0 aliphatic rings. The summed E-state index contributed by atoms with van der Waals surface area (Å²) < 4.78 is 6.83. The van der Waals surface area contributed by atoms with E-state index < -0.39 is 54.2 Å². The Labute approximate surface area is 283 Å². The van der Waals surface area contributed by atoms with Crippen LogP contribution in [0.15, 0.2) is 97.2 Å². The Bertz CT molecular complexity index is 1620. The summed E-state index contributed by atoms with van der Waals surface area (Å²) in [6, 6.07) is 28.0. The van der Waals surface area contributed by atoms with E-state index in [1.54, 1.807) is 32.5 Å². The molecule has 0 bridgehead atoms. The quantitative estimate of drug-likeness (QED) is 0.0755. The summed E-state index contributed by atoms with van der Waals surface area (Å²) in [5, 5.41) is 38.4. The molecule has 0 saturated carbocycles. The van der Waals surface area contributed by atoms with Crippen LogP contribution in [0.3, 0.4) is 0 Å². The molecule has 0 fully saturated rings. The van der Waals surface area contributed by atoms with Crippen molar-refractivity contribution in [1.82, 2.24) is 31.0 Å². The highest BCUT2D eigenvalue weighted by Gasteiger charge is 2.38. The van der Waals surface area contributed by atoms with Crippen LogP contribution in [-0.2, 0) is 22.1 Å². The predicted molar refractivity (Wildman–Crippen MR) is 182 cm³/mol. The van der Waals surface area contributed by atoms with E-state index >= 15 is 0 Å². The number of aryl methyl sites for hydroxylation is 1. The zero-order valence-corrected chi connectivity index (χ0v) is 27.4. The van der Waals surface area contributed by atoms with E-state index in [-0.39, 0.29) is 5.69 Å². The van der Waals surface area contributed by atoms with Gasteiger partial charge >= 0.3 is 18.3 Å². The molecule has 0 spiro atoms. The number of ether oxygens (including phenoxy) is 1. The Balaban J connectivity index is 1.73. The molecule has 1 heterocycles. The lowest BCUT2D eigenvalue weighted by Gasteiger charge is -2.38. The van der Waals surface area contributed by atoms with Crippen LogP contribution in [-0.4, -0.2) is 68.7 Å². The number of hydrogen-bond acceptors (Lipinski definition) is 8. The van der Waals surface area contributed by atoms with Crippen molar-refractivity contribution < 1.29 is 34.1 Å². The van der Waals surface area contributed by atoms with Gasteiger partial charge < -0.3 is 30.9 Å². The highest BCUT2D eigenvalue weighted by molar-refractivity contribution is 5.97. The smallest absolute Gasteiger partial charge is 0.407 e. The van der Waals surface area contributed by atoms with Crippen molar-refractivity contribution >= 4 is 35.7 Å². The molecule has 3 aromatic carbocycles. The highest BCUT2D eigenvalue weighted by atomic mass is 16.6. The van der Waals surface area contributed by atoms with E-state index in [1.807, 2.05) is 102 Å². The number of hydrogen-bond donors (Lipinski definition) is 8. The second-order valence-corrected chi connectivity index (χ2v) is 11.9. The number of nitrogens with one attached hydrogen (secondary N) is 6. The first-order chi connectivity index (χ1) is 23.3. The van der Waals surface area contributed by atoms with Gasteiger partial charge in [-0.05, 0) is 37.5 Å². The number of nitrogens with zero attached hydrogens (tertiary/aromatic N) is 2. The fraction of sp³-hybridized carbons (Fsp3) is 0.265. The fourth-order valence-electron chi connectivity index (χ4n) is 5.15. The fourth-order valence-corrected chi connectivity index (χ4v) is 5.15. The van der Waals surface area contributed by atoms with Crippen molar-refractivity contribution in [3.8, 4) is 0 Å². The number of amides is 4. The van der Waals surface area contributed by atoms with Gasteiger partial charge in [0.1, 0.15) is 28.7 Å². The van der Waals surface area contributed by atoms with Gasteiger partial charge in [0.25, 0.3) is 0 Å². The van der Waals surface area contributed by atoms with Crippen molar-refractivity contribution in [3.63, 3.8) is 0 Å². The van der Waals surface area contributed by atoms with E-state index in [4.69, 9.17) is 4.74 Å². The SMILES string of the molecule is Cn1ncc(NC(=O)[C@H](CNC(=O)OC(C)(C)C)NC(NC(=O)O)NC(=O)O)c1NC(c1ccccc1)(c1ccccc1)c1ccccc1. The largest absolute Gasteiger partial charge is 0.465 e. The van der Waals surface area contributed by atoms with Crippen LogP contribution < -0.4 is 31.9 Å². The molecule has 15 heteroatoms. The lowest BCUT2D eigenvalue weighted by molar-refractivity contribution is -0.118. The first kappa shape index (κ1) is 35.8. The molecule has 4 rings (SSSR count). The van der Waals surface area contributed by atoms with Crippen LogP contribution in [0.25, 0.3) is 0 Å². The number of benzene rings is 3. The Morgan fingerprint density at radius 1 is 0.796 bits per heavy atom. The summed E-state index contributed by atoms with van der Waals surface area (Å²) in [5.41, 5.74) is 1.12. The number of rotatable bonds is 13. The van der Waals surface area contributed by atoms with Crippen LogP contribution in [0.4, 0.5) is 25.9 Å². The minimum Gasteiger partial charge on any atom is -0.465 e. The van der Waals surface area contributed by atoms with Gasteiger partial charge in [-0.15, -0.1) is 0 Å². The van der Waals surface area contributed by atoms with Crippen LogP contribution in [0.1, 0.15) is 37.5 Å². The van der Waals surface area contributed by atoms with Crippen LogP contribution >= 0.6 is 0 Å². The van der Waals surface area contributed by atoms with Gasteiger partial charge in [-0.1, -0.05) is 91.0 Å². The lowest BCUT2D eigenvalue weighted by Crippen LogP contribution is -2.62. The molecule has 1 atom stereocenters. The number of alkyl carbamates (subject to hydrolysis) is 1. The van der Waals surface area contributed by atoms with E-state index in [0.717, 1.165) is 16.7 Å². The third-order valence-electron chi connectivity index (χ3n) is 7.19. The van der Waals surface area contributed by atoms with Gasteiger partial charge in [0.2, 0.25) is 5.91 Å². The number of anilines is 2. The van der Waals surface area contributed by atoms with Crippen molar-refractivity contribution in [2.24, 2.45) is 7.05 Å². The maximum Gasteiger partial charge on any atom is 0.407 e. The summed E-state index contributed by atoms with van der Waals surface area (Å²) in [4.78, 5) is 49.1. The Hall–Kier alpha value is -6.09. The third-order valence-corrected chi connectivity index (χ3v) is 7.19. The number of carboxylic acid groups (broad SMARTS) is 2. The van der Waals surface area contributed by atoms with Gasteiger partial charge in [-0.2, -0.15) is 5.10 Å². The molecule has 0 aliphatic heterocycles. The summed E-state index contributed by atoms with van der Waals surface area (Å²) >= 11 is 0.